The summed E-state index contributed by atoms with van der Waals surface area (Å²) in [5.74, 6) is -1.86. The lowest BCUT2D eigenvalue weighted by atomic mass is 9.73. The summed E-state index contributed by atoms with van der Waals surface area (Å²) in [5.41, 5.74) is -1.17. The van der Waals surface area contributed by atoms with Gasteiger partial charge in [0.2, 0.25) is 11.8 Å². The van der Waals surface area contributed by atoms with E-state index < -0.39 is 17.4 Å². The SMILES string of the molecule is CC1CCCCC1(NC(=O)C1CC(=O)N(C)C1)C(=O)O. The van der Waals surface area contributed by atoms with Gasteiger partial charge in [-0.3, -0.25) is 9.59 Å². The normalized spacial score (nSPS) is 34.1. The molecular formula is C14H22N2O4. The smallest absolute Gasteiger partial charge is 0.329 e. The summed E-state index contributed by atoms with van der Waals surface area (Å²) in [6.45, 7) is 2.24. The fraction of sp³-hybridized carbons (Fsp3) is 0.786. The zero-order valence-electron chi connectivity index (χ0n) is 12.0. The molecule has 2 amide bonds. The Bertz CT molecular complexity index is 437. The fourth-order valence-electron chi connectivity index (χ4n) is 3.27. The lowest BCUT2D eigenvalue weighted by molar-refractivity contribution is -0.152. The first-order valence-corrected chi connectivity index (χ1v) is 7.16. The van der Waals surface area contributed by atoms with Crippen molar-refractivity contribution in [2.24, 2.45) is 11.8 Å². The van der Waals surface area contributed by atoms with Crippen molar-refractivity contribution in [3.63, 3.8) is 0 Å². The Hall–Kier alpha value is -1.59. The van der Waals surface area contributed by atoms with Gasteiger partial charge in [-0.25, -0.2) is 4.79 Å². The van der Waals surface area contributed by atoms with Crippen LogP contribution in [0.1, 0.15) is 39.0 Å². The molecular weight excluding hydrogens is 260 g/mol. The molecule has 2 N–H and O–H groups in total. The molecule has 0 spiro atoms. The number of hydrogen-bond donors (Lipinski definition) is 2. The van der Waals surface area contributed by atoms with Crippen LogP contribution in [0.2, 0.25) is 0 Å². The van der Waals surface area contributed by atoms with Gasteiger partial charge in [-0.2, -0.15) is 0 Å². The molecule has 2 aliphatic rings. The molecule has 2 rings (SSSR count). The van der Waals surface area contributed by atoms with Gasteiger partial charge in [0.05, 0.1) is 5.92 Å². The average Bonchev–Trinajstić information content (AvgIpc) is 2.72. The molecule has 3 atom stereocenters. The molecule has 6 nitrogen and oxygen atoms in total. The Kier molecular flexibility index (Phi) is 4.01. The minimum absolute atomic E-state index is 0.0637. The first kappa shape index (κ1) is 14.8. The third-order valence-electron chi connectivity index (χ3n) is 4.74. The number of carboxylic acid groups (broad SMARTS) is 1. The van der Waals surface area contributed by atoms with Crippen LogP contribution in [0, 0.1) is 11.8 Å². The van der Waals surface area contributed by atoms with Crippen LogP contribution in [0.15, 0.2) is 0 Å². The molecule has 1 aliphatic carbocycles. The van der Waals surface area contributed by atoms with Crippen LogP contribution in [0.25, 0.3) is 0 Å². The summed E-state index contributed by atoms with van der Waals surface area (Å²) in [7, 11) is 1.66. The zero-order chi connectivity index (χ0) is 14.9. The van der Waals surface area contributed by atoms with E-state index >= 15 is 0 Å². The summed E-state index contributed by atoms with van der Waals surface area (Å²) in [4.78, 5) is 37.0. The molecule has 1 saturated heterocycles. The van der Waals surface area contributed by atoms with Crippen LogP contribution in [0.4, 0.5) is 0 Å². The molecule has 0 aromatic rings. The van der Waals surface area contributed by atoms with Crippen molar-refractivity contribution in [1.29, 1.82) is 0 Å². The molecule has 0 radical (unpaired) electrons. The molecule has 1 saturated carbocycles. The largest absolute Gasteiger partial charge is 0.479 e. The van der Waals surface area contributed by atoms with Crippen molar-refractivity contribution >= 4 is 17.8 Å². The number of carbonyl (C=O) groups excluding carboxylic acids is 2. The number of hydrogen-bond acceptors (Lipinski definition) is 3. The van der Waals surface area contributed by atoms with E-state index in [1.165, 1.54) is 4.90 Å². The van der Waals surface area contributed by atoms with Gasteiger partial charge in [-0.1, -0.05) is 19.8 Å². The number of nitrogens with one attached hydrogen (secondary N) is 1. The van der Waals surface area contributed by atoms with Crippen LogP contribution in [-0.4, -0.2) is 46.9 Å². The van der Waals surface area contributed by atoms with Gasteiger partial charge in [0.25, 0.3) is 0 Å². The first-order valence-electron chi connectivity index (χ1n) is 7.16. The molecule has 1 aliphatic heterocycles. The lowest BCUT2D eigenvalue weighted by Gasteiger charge is -2.40. The summed E-state index contributed by atoms with van der Waals surface area (Å²) < 4.78 is 0. The van der Waals surface area contributed by atoms with Crippen LogP contribution in [0.5, 0.6) is 0 Å². The molecule has 0 bridgehead atoms. The number of carboxylic acids is 1. The number of carbonyl (C=O) groups is 3. The Morgan fingerprint density at radius 3 is 2.60 bits per heavy atom. The van der Waals surface area contributed by atoms with E-state index in [1.807, 2.05) is 6.92 Å². The average molecular weight is 282 g/mol. The lowest BCUT2D eigenvalue weighted by Crippen LogP contribution is -2.61. The van der Waals surface area contributed by atoms with E-state index in [-0.39, 0.29) is 24.2 Å². The van der Waals surface area contributed by atoms with Gasteiger partial charge in [-0.05, 0) is 18.8 Å². The van der Waals surface area contributed by atoms with Crippen molar-refractivity contribution in [2.75, 3.05) is 13.6 Å². The number of nitrogens with zero attached hydrogens (tertiary/aromatic N) is 1. The summed E-state index contributed by atoms with van der Waals surface area (Å²) in [5, 5.41) is 12.3. The quantitative estimate of drug-likeness (QED) is 0.794. The molecule has 6 heteroatoms. The maximum atomic E-state index is 12.3. The summed E-state index contributed by atoms with van der Waals surface area (Å²) in [6.07, 6.45) is 3.24. The zero-order valence-corrected chi connectivity index (χ0v) is 12.0. The number of amides is 2. The Balaban J connectivity index is 2.11. The number of likely N-dealkylation sites (tertiary alicyclic amines) is 1. The maximum absolute atomic E-state index is 12.3. The van der Waals surface area contributed by atoms with Gasteiger partial charge in [0.15, 0.2) is 0 Å². The molecule has 1 heterocycles. The van der Waals surface area contributed by atoms with E-state index in [2.05, 4.69) is 5.32 Å². The Morgan fingerprint density at radius 1 is 1.40 bits per heavy atom. The second-order valence-electron chi connectivity index (χ2n) is 6.09. The predicted molar refractivity (Wildman–Crippen MR) is 71.9 cm³/mol. The summed E-state index contributed by atoms with van der Waals surface area (Å²) >= 11 is 0. The van der Waals surface area contributed by atoms with Crippen LogP contribution in [0.3, 0.4) is 0 Å². The minimum atomic E-state index is -1.17. The maximum Gasteiger partial charge on any atom is 0.329 e. The van der Waals surface area contributed by atoms with Gasteiger partial charge in [0.1, 0.15) is 5.54 Å². The van der Waals surface area contributed by atoms with Crippen molar-refractivity contribution in [1.82, 2.24) is 10.2 Å². The van der Waals surface area contributed by atoms with Crippen molar-refractivity contribution in [3.8, 4) is 0 Å². The van der Waals surface area contributed by atoms with Crippen molar-refractivity contribution in [3.05, 3.63) is 0 Å². The van der Waals surface area contributed by atoms with E-state index in [1.54, 1.807) is 7.05 Å². The Labute approximate surface area is 118 Å². The van der Waals surface area contributed by atoms with E-state index in [0.717, 1.165) is 19.3 Å². The number of rotatable bonds is 3. The molecule has 0 aromatic carbocycles. The van der Waals surface area contributed by atoms with Gasteiger partial charge in [-0.15, -0.1) is 0 Å². The van der Waals surface area contributed by atoms with Crippen LogP contribution < -0.4 is 5.32 Å². The highest BCUT2D eigenvalue weighted by Crippen LogP contribution is 2.34. The monoisotopic (exact) mass is 282 g/mol. The third-order valence-corrected chi connectivity index (χ3v) is 4.74. The highest BCUT2D eigenvalue weighted by atomic mass is 16.4. The molecule has 20 heavy (non-hydrogen) atoms. The first-order chi connectivity index (χ1) is 9.36. The third kappa shape index (κ3) is 2.51. The highest BCUT2D eigenvalue weighted by molar-refractivity contribution is 5.92. The van der Waals surface area contributed by atoms with Crippen molar-refractivity contribution < 1.29 is 19.5 Å². The fourth-order valence-corrected chi connectivity index (χ4v) is 3.27. The predicted octanol–water partition coefficient (Wildman–Crippen LogP) is 0.614. The second kappa shape index (κ2) is 5.42. The van der Waals surface area contributed by atoms with Crippen molar-refractivity contribution in [2.45, 2.75) is 44.6 Å². The van der Waals surface area contributed by atoms with E-state index in [0.29, 0.717) is 13.0 Å². The summed E-state index contributed by atoms with van der Waals surface area (Å²) in [6, 6.07) is 0. The molecule has 0 aromatic heterocycles. The molecule has 112 valence electrons. The van der Waals surface area contributed by atoms with Gasteiger partial charge < -0.3 is 15.3 Å². The van der Waals surface area contributed by atoms with Gasteiger partial charge in [0, 0.05) is 20.0 Å². The van der Waals surface area contributed by atoms with Gasteiger partial charge >= 0.3 is 5.97 Å². The van der Waals surface area contributed by atoms with E-state index in [4.69, 9.17) is 0 Å². The highest BCUT2D eigenvalue weighted by Gasteiger charge is 2.47. The topological polar surface area (TPSA) is 86.7 Å². The van der Waals surface area contributed by atoms with Crippen LogP contribution >= 0.6 is 0 Å². The minimum Gasteiger partial charge on any atom is -0.479 e. The van der Waals surface area contributed by atoms with Crippen LogP contribution in [-0.2, 0) is 14.4 Å². The Morgan fingerprint density at radius 2 is 2.10 bits per heavy atom. The molecule has 3 unspecified atom stereocenters. The standard InChI is InChI=1S/C14H22N2O4/c1-9-5-3-4-6-14(9,13(19)20)15-12(18)10-7-11(17)16(2)8-10/h9-10H,3-8H2,1-2H3,(H,15,18)(H,19,20). The van der Waals surface area contributed by atoms with E-state index in [9.17, 15) is 19.5 Å². The molecule has 2 fully saturated rings. The number of aliphatic carboxylic acids is 1. The second-order valence-corrected chi connectivity index (χ2v) is 6.09.